The fourth-order valence-corrected chi connectivity index (χ4v) is 3.04. The molecule has 6 nitrogen and oxygen atoms in total. The van der Waals surface area contributed by atoms with Crippen LogP contribution in [-0.4, -0.2) is 24.0 Å². The van der Waals surface area contributed by atoms with Crippen molar-refractivity contribution in [2.75, 3.05) is 17.7 Å². The summed E-state index contributed by atoms with van der Waals surface area (Å²) in [5, 5.41) is 8.96. The van der Waals surface area contributed by atoms with E-state index in [1.165, 1.54) is 0 Å². The number of aromatic nitrogens is 1. The van der Waals surface area contributed by atoms with E-state index in [1.54, 1.807) is 31.3 Å². The molecule has 0 saturated heterocycles. The predicted molar refractivity (Wildman–Crippen MR) is 106 cm³/mol. The van der Waals surface area contributed by atoms with E-state index in [0.29, 0.717) is 22.9 Å². The van der Waals surface area contributed by atoms with Gasteiger partial charge in [-0.15, -0.1) is 0 Å². The number of hydrogen-bond acceptors (Lipinski definition) is 3. The Bertz CT molecular complexity index is 1030. The van der Waals surface area contributed by atoms with Crippen LogP contribution in [0.1, 0.15) is 34.8 Å². The number of benzene rings is 2. The van der Waals surface area contributed by atoms with Gasteiger partial charge in [0.05, 0.1) is 11.1 Å². The summed E-state index contributed by atoms with van der Waals surface area (Å²) < 4.78 is 0. The molecule has 1 aliphatic rings. The fourth-order valence-electron chi connectivity index (χ4n) is 3.04. The number of fused-ring (bicyclic) bond motifs is 1. The highest BCUT2D eigenvalue weighted by molar-refractivity contribution is 6.12. The molecule has 2 aromatic carbocycles. The molecule has 0 atom stereocenters. The fraction of sp³-hybridized carbons (Fsp3) is 0.190. The Kier molecular flexibility index (Phi) is 4.46. The maximum absolute atomic E-state index is 13.0. The van der Waals surface area contributed by atoms with Gasteiger partial charge in [-0.3, -0.25) is 9.78 Å². The molecule has 27 heavy (non-hydrogen) atoms. The third-order valence-electron chi connectivity index (χ3n) is 4.58. The molecule has 4 rings (SSSR count). The van der Waals surface area contributed by atoms with Gasteiger partial charge in [-0.1, -0.05) is 24.3 Å². The summed E-state index contributed by atoms with van der Waals surface area (Å²) in [5.41, 5.74) is 3.65. The molecule has 1 fully saturated rings. The van der Waals surface area contributed by atoms with Crippen LogP contribution in [0.2, 0.25) is 0 Å². The second-order valence-electron chi connectivity index (χ2n) is 6.63. The molecule has 0 spiro atoms. The number of hydrogen-bond donors (Lipinski definition) is 3. The summed E-state index contributed by atoms with van der Waals surface area (Å²) in [7, 11) is 1.55. The topological polar surface area (TPSA) is 83.1 Å². The van der Waals surface area contributed by atoms with Crippen molar-refractivity contribution in [3.63, 3.8) is 0 Å². The van der Waals surface area contributed by atoms with Gasteiger partial charge in [-0.25, -0.2) is 4.79 Å². The number of amides is 3. The first-order valence-corrected chi connectivity index (χ1v) is 8.94. The number of nitrogens with one attached hydrogen (secondary N) is 3. The van der Waals surface area contributed by atoms with E-state index < -0.39 is 0 Å². The van der Waals surface area contributed by atoms with Crippen molar-refractivity contribution < 1.29 is 9.59 Å². The van der Waals surface area contributed by atoms with Crippen LogP contribution in [0.4, 0.5) is 16.2 Å². The summed E-state index contributed by atoms with van der Waals surface area (Å²) >= 11 is 0. The van der Waals surface area contributed by atoms with Gasteiger partial charge in [0.1, 0.15) is 0 Å². The Hall–Kier alpha value is -3.41. The van der Waals surface area contributed by atoms with Gasteiger partial charge in [-0.05, 0) is 43.2 Å². The predicted octanol–water partition coefficient (Wildman–Crippen LogP) is 4.12. The summed E-state index contributed by atoms with van der Waals surface area (Å²) in [6.07, 6.45) is 2.25. The minimum Gasteiger partial charge on any atom is -0.341 e. The molecule has 3 aromatic rings. The van der Waals surface area contributed by atoms with Crippen LogP contribution in [0.5, 0.6) is 0 Å². The number of pyridine rings is 1. The smallest absolute Gasteiger partial charge is 0.318 e. The first-order valence-electron chi connectivity index (χ1n) is 8.94. The second-order valence-corrected chi connectivity index (χ2v) is 6.63. The summed E-state index contributed by atoms with van der Waals surface area (Å²) in [4.78, 5) is 29.2. The first-order chi connectivity index (χ1) is 13.1. The van der Waals surface area contributed by atoms with Crippen molar-refractivity contribution in [3.05, 3.63) is 65.9 Å². The number of carbonyl (C=O) groups excluding carboxylic acids is 2. The van der Waals surface area contributed by atoms with E-state index >= 15 is 0 Å². The quantitative estimate of drug-likeness (QED) is 0.654. The normalized spacial score (nSPS) is 13.2. The Balaban J connectivity index is 1.63. The first kappa shape index (κ1) is 17.0. The third-order valence-corrected chi connectivity index (χ3v) is 4.58. The van der Waals surface area contributed by atoms with Gasteiger partial charge in [0.25, 0.3) is 5.91 Å². The summed E-state index contributed by atoms with van der Waals surface area (Å²) in [6, 6.07) is 16.3. The van der Waals surface area contributed by atoms with Gasteiger partial charge in [0, 0.05) is 35.4 Å². The van der Waals surface area contributed by atoms with Crippen molar-refractivity contribution in [1.82, 2.24) is 10.3 Å². The van der Waals surface area contributed by atoms with Crippen molar-refractivity contribution >= 4 is 34.2 Å². The van der Waals surface area contributed by atoms with Crippen LogP contribution in [0.15, 0.2) is 54.6 Å². The minimum absolute atomic E-state index is 0.187. The van der Waals surface area contributed by atoms with Crippen LogP contribution in [0.3, 0.4) is 0 Å². The van der Waals surface area contributed by atoms with Crippen molar-refractivity contribution in [3.8, 4) is 0 Å². The van der Waals surface area contributed by atoms with E-state index in [-0.39, 0.29) is 11.9 Å². The second kappa shape index (κ2) is 7.07. The lowest BCUT2D eigenvalue weighted by molar-refractivity contribution is 0.102. The molecule has 136 valence electrons. The molecule has 0 aliphatic heterocycles. The zero-order valence-corrected chi connectivity index (χ0v) is 15.0. The number of rotatable bonds is 4. The highest BCUT2D eigenvalue weighted by atomic mass is 16.2. The van der Waals surface area contributed by atoms with Crippen molar-refractivity contribution in [2.45, 2.75) is 18.8 Å². The van der Waals surface area contributed by atoms with Crippen molar-refractivity contribution in [2.24, 2.45) is 0 Å². The highest BCUT2D eigenvalue weighted by Gasteiger charge is 2.27. The largest absolute Gasteiger partial charge is 0.341 e. The Morgan fingerprint density at radius 1 is 0.963 bits per heavy atom. The van der Waals surface area contributed by atoms with Gasteiger partial charge in [0.2, 0.25) is 0 Å². The summed E-state index contributed by atoms with van der Waals surface area (Å²) in [6.45, 7) is 0. The van der Waals surface area contributed by atoms with Crippen LogP contribution in [-0.2, 0) is 0 Å². The Labute approximate surface area is 157 Å². The minimum atomic E-state index is -0.312. The van der Waals surface area contributed by atoms with Crippen LogP contribution in [0.25, 0.3) is 10.9 Å². The zero-order chi connectivity index (χ0) is 18.8. The molecule has 1 heterocycles. The lowest BCUT2D eigenvalue weighted by Crippen LogP contribution is -2.24. The standard InChI is InChI=1S/C21H20N4O2/c1-22-21(27)24-15-6-4-5-14(11-15)23-20(26)17-12-19(13-9-10-13)25-18-8-3-2-7-16(17)18/h2-8,11-13H,9-10H2,1H3,(H,23,26)(H2,22,24,27). The van der Waals surface area contributed by atoms with Crippen molar-refractivity contribution in [1.29, 1.82) is 0 Å². The van der Waals surface area contributed by atoms with Crippen LogP contribution >= 0.6 is 0 Å². The van der Waals surface area contributed by atoms with E-state index in [1.807, 2.05) is 30.3 Å². The number of carbonyl (C=O) groups is 2. The average Bonchev–Trinajstić information content (AvgIpc) is 3.52. The highest BCUT2D eigenvalue weighted by Crippen LogP contribution is 2.40. The Morgan fingerprint density at radius 2 is 1.70 bits per heavy atom. The maximum Gasteiger partial charge on any atom is 0.318 e. The summed E-state index contributed by atoms with van der Waals surface area (Å²) in [5.74, 6) is 0.272. The molecule has 1 aliphatic carbocycles. The lowest BCUT2D eigenvalue weighted by atomic mass is 10.1. The average molecular weight is 360 g/mol. The van der Waals surface area contributed by atoms with Crippen LogP contribution in [0, 0.1) is 0 Å². The number of urea groups is 1. The molecule has 3 N–H and O–H groups in total. The van der Waals surface area contributed by atoms with E-state index in [9.17, 15) is 9.59 Å². The zero-order valence-electron chi connectivity index (χ0n) is 15.0. The van der Waals surface area contributed by atoms with Crippen LogP contribution < -0.4 is 16.0 Å². The van der Waals surface area contributed by atoms with E-state index in [0.717, 1.165) is 29.4 Å². The molecule has 1 aromatic heterocycles. The molecule has 0 bridgehead atoms. The monoisotopic (exact) mass is 360 g/mol. The molecule has 6 heteroatoms. The number of anilines is 2. The number of nitrogens with zero attached hydrogens (tertiary/aromatic N) is 1. The molecule has 0 radical (unpaired) electrons. The van der Waals surface area contributed by atoms with Gasteiger partial charge >= 0.3 is 6.03 Å². The van der Waals surface area contributed by atoms with Gasteiger partial charge < -0.3 is 16.0 Å². The van der Waals surface area contributed by atoms with Gasteiger partial charge in [0.15, 0.2) is 0 Å². The SMILES string of the molecule is CNC(=O)Nc1cccc(NC(=O)c2cc(C3CC3)nc3ccccc23)c1. The molecule has 0 unspecified atom stereocenters. The molecular formula is C21H20N4O2. The molecular weight excluding hydrogens is 340 g/mol. The lowest BCUT2D eigenvalue weighted by Gasteiger charge is -2.11. The Morgan fingerprint density at radius 3 is 2.44 bits per heavy atom. The van der Waals surface area contributed by atoms with E-state index in [4.69, 9.17) is 4.98 Å². The maximum atomic E-state index is 13.0. The third kappa shape index (κ3) is 3.74. The number of para-hydroxylation sites is 1. The van der Waals surface area contributed by atoms with Gasteiger partial charge in [-0.2, -0.15) is 0 Å². The molecule has 3 amide bonds. The molecule has 1 saturated carbocycles. The van der Waals surface area contributed by atoms with E-state index in [2.05, 4.69) is 16.0 Å².